The van der Waals surface area contributed by atoms with Crippen molar-refractivity contribution in [3.8, 4) is 5.75 Å². The first-order chi connectivity index (χ1) is 10.2. The van der Waals surface area contributed by atoms with E-state index in [-0.39, 0.29) is 12.5 Å². The van der Waals surface area contributed by atoms with Crippen LogP contribution in [0.2, 0.25) is 0 Å². The second-order valence-corrected chi connectivity index (χ2v) is 4.54. The summed E-state index contributed by atoms with van der Waals surface area (Å²) in [6.07, 6.45) is 1.70. The van der Waals surface area contributed by atoms with Gasteiger partial charge in [-0.1, -0.05) is 24.8 Å². The third kappa shape index (κ3) is 6.92. The summed E-state index contributed by atoms with van der Waals surface area (Å²) in [4.78, 5) is 13.5. The normalized spacial score (nSPS) is 10.2. The fraction of sp³-hybridized carbons (Fsp3) is 0.438. The van der Waals surface area contributed by atoms with Crippen LogP contribution in [0, 0.1) is 0 Å². The van der Waals surface area contributed by atoms with Gasteiger partial charge in [-0.15, -0.1) is 0 Å². The maximum Gasteiger partial charge on any atom is 0.248 e. The van der Waals surface area contributed by atoms with Gasteiger partial charge in [0.05, 0.1) is 13.2 Å². The minimum atomic E-state index is -0.0573. The average Bonchev–Trinajstić information content (AvgIpc) is 2.50. The lowest BCUT2D eigenvalue weighted by atomic mass is 10.2. The maximum absolute atomic E-state index is 11.8. The zero-order valence-corrected chi connectivity index (χ0v) is 12.7. The molecule has 1 amide bonds. The Morgan fingerprint density at radius 3 is 2.62 bits per heavy atom. The van der Waals surface area contributed by atoms with Crippen molar-refractivity contribution in [1.29, 1.82) is 0 Å². The van der Waals surface area contributed by atoms with E-state index in [0.717, 1.165) is 11.3 Å². The first-order valence-corrected chi connectivity index (χ1v) is 6.80. The molecule has 0 aliphatic rings. The third-order valence-corrected chi connectivity index (χ3v) is 2.79. The fourth-order valence-corrected chi connectivity index (χ4v) is 1.62. The highest BCUT2D eigenvalue weighted by Crippen LogP contribution is 2.13. The molecule has 0 N–H and O–H groups in total. The Balaban J connectivity index is 2.37. The number of hydrogen-bond acceptors (Lipinski definition) is 4. The molecule has 5 nitrogen and oxygen atoms in total. The number of nitrogens with zero attached hydrogens (tertiary/aromatic N) is 1. The van der Waals surface area contributed by atoms with Crippen LogP contribution in [0.4, 0.5) is 0 Å². The second-order valence-electron chi connectivity index (χ2n) is 4.54. The van der Waals surface area contributed by atoms with Crippen LogP contribution in [0.15, 0.2) is 36.9 Å². The summed E-state index contributed by atoms with van der Waals surface area (Å²) >= 11 is 0. The molecule has 0 aliphatic carbocycles. The van der Waals surface area contributed by atoms with Crippen molar-refractivity contribution >= 4 is 5.91 Å². The van der Waals surface area contributed by atoms with E-state index < -0.39 is 0 Å². The van der Waals surface area contributed by atoms with Crippen molar-refractivity contribution in [2.24, 2.45) is 0 Å². The van der Waals surface area contributed by atoms with E-state index in [2.05, 4.69) is 6.58 Å². The van der Waals surface area contributed by atoms with Gasteiger partial charge < -0.3 is 19.1 Å². The second kappa shape index (κ2) is 9.96. The van der Waals surface area contributed by atoms with E-state index in [1.807, 2.05) is 24.3 Å². The van der Waals surface area contributed by atoms with Gasteiger partial charge in [0.2, 0.25) is 5.91 Å². The van der Waals surface area contributed by atoms with Crippen LogP contribution in [0.25, 0.3) is 0 Å². The predicted octanol–water partition coefficient (Wildman–Crippen LogP) is 1.87. The molecule has 0 unspecified atom stereocenters. The molecule has 21 heavy (non-hydrogen) atoms. The number of methoxy groups -OCH3 is 1. The number of hydrogen-bond donors (Lipinski definition) is 0. The molecule has 5 heteroatoms. The lowest BCUT2D eigenvalue weighted by Gasteiger charge is -2.17. The number of benzene rings is 1. The first kappa shape index (κ1) is 17.2. The Bertz CT molecular complexity index is 430. The number of carbonyl (C=O) groups excluding carboxylic acids is 1. The molecule has 0 bridgehead atoms. The van der Waals surface area contributed by atoms with Gasteiger partial charge in [0.1, 0.15) is 19.0 Å². The first-order valence-electron chi connectivity index (χ1n) is 6.80. The minimum Gasteiger partial charge on any atom is -0.490 e. The minimum absolute atomic E-state index is 0.0573. The van der Waals surface area contributed by atoms with Gasteiger partial charge in [0, 0.05) is 20.7 Å². The third-order valence-electron chi connectivity index (χ3n) is 2.79. The monoisotopic (exact) mass is 293 g/mol. The highest BCUT2D eigenvalue weighted by molar-refractivity contribution is 5.77. The molecule has 0 fully saturated rings. The fourth-order valence-electron chi connectivity index (χ4n) is 1.62. The summed E-state index contributed by atoms with van der Waals surface area (Å²) < 4.78 is 15.5. The molecule has 0 spiro atoms. The van der Waals surface area contributed by atoms with Crippen LogP contribution < -0.4 is 4.74 Å². The largest absolute Gasteiger partial charge is 0.490 e. The van der Waals surface area contributed by atoms with Crippen LogP contribution in [-0.2, 0) is 20.8 Å². The highest BCUT2D eigenvalue weighted by Gasteiger charge is 2.09. The van der Waals surface area contributed by atoms with E-state index in [9.17, 15) is 4.79 Å². The number of rotatable bonds is 10. The molecule has 0 heterocycles. The molecule has 0 saturated carbocycles. The quantitative estimate of drug-likeness (QED) is 0.488. The van der Waals surface area contributed by atoms with Gasteiger partial charge in [-0.05, 0) is 17.7 Å². The van der Waals surface area contributed by atoms with Crippen molar-refractivity contribution in [1.82, 2.24) is 4.90 Å². The van der Waals surface area contributed by atoms with E-state index in [1.165, 1.54) is 0 Å². The molecule has 116 valence electrons. The lowest BCUT2D eigenvalue weighted by Crippen LogP contribution is -2.30. The van der Waals surface area contributed by atoms with Crippen LogP contribution in [0.5, 0.6) is 5.75 Å². The molecule has 1 rings (SSSR count). The Labute approximate surface area is 126 Å². The van der Waals surface area contributed by atoms with Gasteiger partial charge in [-0.25, -0.2) is 0 Å². The van der Waals surface area contributed by atoms with E-state index in [4.69, 9.17) is 14.2 Å². The topological polar surface area (TPSA) is 48.0 Å². The Morgan fingerprint density at radius 1 is 1.29 bits per heavy atom. The molecule has 1 aromatic carbocycles. The van der Waals surface area contributed by atoms with Gasteiger partial charge in [0.25, 0.3) is 0 Å². The van der Waals surface area contributed by atoms with Gasteiger partial charge in [-0.3, -0.25) is 4.79 Å². The maximum atomic E-state index is 11.8. The van der Waals surface area contributed by atoms with Crippen molar-refractivity contribution in [3.05, 3.63) is 42.5 Å². The summed E-state index contributed by atoms with van der Waals surface area (Å²) in [6, 6.07) is 7.64. The Morgan fingerprint density at radius 2 is 2.00 bits per heavy atom. The standard InChI is InChI=1S/C16H23NO4/c1-4-9-21-15-7-5-14(6-8-15)12-17(2)16(18)13-20-11-10-19-3/h4-8H,1,9-13H2,2-3H3. The molecule has 1 aromatic rings. The number of likely N-dealkylation sites (N-methyl/N-ethyl adjacent to an activating group) is 1. The summed E-state index contributed by atoms with van der Waals surface area (Å²) in [6.45, 7) is 5.60. The predicted molar refractivity (Wildman–Crippen MR) is 81.3 cm³/mol. The highest BCUT2D eigenvalue weighted by atomic mass is 16.5. The molecule has 0 aliphatic heterocycles. The zero-order chi connectivity index (χ0) is 15.5. The Kier molecular flexibility index (Phi) is 8.16. The van der Waals surface area contributed by atoms with Crippen molar-refractivity contribution in [2.75, 3.05) is 40.6 Å². The van der Waals surface area contributed by atoms with Crippen LogP contribution in [-0.4, -0.2) is 51.4 Å². The summed E-state index contributed by atoms with van der Waals surface area (Å²) in [7, 11) is 3.35. The lowest BCUT2D eigenvalue weighted by molar-refractivity contribution is -0.135. The summed E-state index contributed by atoms with van der Waals surface area (Å²) in [5, 5.41) is 0. The number of ether oxygens (including phenoxy) is 3. The van der Waals surface area contributed by atoms with E-state index >= 15 is 0 Å². The van der Waals surface area contributed by atoms with Gasteiger partial charge in [0.15, 0.2) is 0 Å². The van der Waals surface area contributed by atoms with Crippen LogP contribution in [0.1, 0.15) is 5.56 Å². The summed E-state index contributed by atoms with van der Waals surface area (Å²) in [5.74, 6) is 0.730. The number of amides is 1. The van der Waals surface area contributed by atoms with E-state index in [1.54, 1.807) is 25.1 Å². The summed E-state index contributed by atoms with van der Waals surface area (Å²) in [5.41, 5.74) is 1.04. The molecule has 0 radical (unpaired) electrons. The smallest absolute Gasteiger partial charge is 0.248 e. The van der Waals surface area contributed by atoms with Crippen molar-refractivity contribution < 1.29 is 19.0 Å². The molecule has 0 aromatic heterocycles. The van der Waals surface area contributed by atoms with Crippen molar-refractivity contribution in [2.45, 2.75) is 6.54 Å². The molecular weight excluding hydrogens is 270 g/mol. The molecule has 0 atom stereocenters. The Hall–Kier alpha value is -1.85. The number of carbonyl (C=O) groups is 1. The van der Waals surface area contributed by atoms with Gasteiger partial charge >= 0.3 is 0 Å². The SMILES string of the molecule is C=CCOc1ccc(CN(C)C(=O)COCCOC)cc1. The van der Waals surface area contributed by atoms with Crippen LogP contribution >= 0.6 is 0 Å². The average molecular weight is 293 g/mol. The van der Waals surface area contributed by atoms with Gasteiger partial charge in [-0.2, -0.15) is 0 Å². The zero-order valence-electron chi connectivity index (χ0n) is 12.7. The molecule has 0 saturated heterocycles. The van der Waals surface area contributed by atoms with Crippen LogP contribution in [0.3, 0.4) is 0 Å². The van der Waals surface area contributed by atoms with Crippen molar-refractivity contribution in [3.63, 3.8) is 0 Å². The molecular formula is C16H23NO4. The van der Waals surface area contributed by atoms with E-state index in [0.29, 0.717) is 26.4 Å².